The lowest BCUT2D eigenvalue weighted by Crippen LogP contribution is -2.46. The Kier molecular flexibility index (Phi) is 4.17. The van der Waals surface area contributed by atoms with E-state index in [4.69, 9.17) is 4.74 Å². The van der Waals surface area contributed by atoms with Crippen molar-refractivity contribution in [2.45, 2.75) is 38.3 Å². The van der Waals surface area contributed by atoms with Gasteiger partial charge in [-0.05, 0) is 38.3 Å². The number of carbonyl (C=O) groups excluding carboxylic acids is 3. The zero-order valence-corrected chi connectivity index (χ0v) is 13.8. The summed E-state index contributed by atoms with van der Waals surface area (Å²) in [6, 6.07) is 7.10. The van der Waals surface area contributed by atoms with Gasteiger partial charge in [-0.1, -0.05) is 18.2 Å². The Morgan fingerprint density at radius 3 is 2.83 bits per heavy atom. The number of nitrogens with one attached hydrogen (secondary N) is 2. The maximum atomic E-state index is 12.2. The Labute approximate surface area is 140 Å². The Bertz CT molecular complexity index is 659. The number of nitrogens with zero attached hydrogens (tertiary/aromatic N) is 1. The van der Waals surface area contributed by atoms with Crippen molar-refractivity contribution in [2.75, 3.05) is 13.2 Å². The number of urea groups is 1. The van der Waals surface area contributed by atoms with Gasteiger partial charge in [0.2, 0.25) is 5.91 Å². The molecule has 1 fully saturated rings. The number of hydrogen-bond donors (Lipinski definition) is 2. The number of rotatable bonds is 3. The molecule has 3 rings (SSSR count). The summed E-state index contributed by atoms with van der Waals surface area (Å²) in [6.45, 7) is 3.31. The maximum absolute atomic E-state index is 12.2. The number of imide groups is 1. The Morgan fingerprint density at radius 2 is 2.12 bits per heavy atom. The third-order valence-electron chi connectivity index (χ3n) is 4.29. The maximum Gasteiger partial charge on any atom is 0.325 e. The summed E-state index contributed by atoms with van der Waals surface area (Å²) < 4.78 is 5.73. The third kappa shape index (κ3) is 3.20. The average Bonchev–Trinajstić information content (AvgIpc) is 2.70. The highest BCUT2D eigenvalue weighted by Gasteiger charge is 2.44. The van der Waals surface area contributed by atoms with E-state index in [1.54, 1.807) is 13.8 Å². The predicted molar refractivity (Wildman–Crippen MR) is 86.5 cm³/mol. The standard InChI is InChI=1S/C17H21N3O4/c1-17(2)15(22)20(16(23)19-17)9-14(21)18-12-8-7-11-5-3-4-6-13(11)24-10-12/h3-6,12H,7-10H2,1-2H3,(H,18,21)(H,19,23). The molecule has 1 atom stereocenters. The number of aryl methyl sites for hydroxylation is 1. The predicted octanol–water partition coefficient (Wildman–Crippen LogP) is 0.827. The first-order chi connectivity index (χ1) is 11.4. The van der Waals surface area contributed by atoms with Gasteiger partial charge in [0, 0.05) is 0 Å². The summed E-state index contributed by atoms with van der Waals surface area (Å²) in [5.74, 6) is 0.0769. The largest absolute Gasteiger partial charge is 0.491 e. The van der Waals surface area contributed by atoms with E-state index in [9.17, 15) is 14.4 Å². The average molecular weight is 331 g/mol. The van der Waals surface area contributed by atoms with Crippen molar-refractivity contribution in [3.05, 3.63) is 29.8 Å². The van der Waals surface area contributed by atoms with Crippen LogP contribution in [0.1, 0.15) is 25.8 Å². The van der Waals surface area contributed by atoms with E-state index >= 15 is 0 Å². The Hall–Kier alpha value is -2.57. The first-order valence-electron chi connectivity index (χ1n) is 8.01. The molecule has 2 heterocycles. The number of para-hydroxylation sites is 1. The molecule has 4 amide bonds. The van der Waals surface area contributed by atoms with E-state index in [2.05, 4.69) is 10.6 Å². The van der Waals surface area contributed by atoms with Crippen LogP contribution < -0.4 is 15.4 Å². The molecule has 0 aromatic heterocycles. The van der Waals surface area contributed by atoms with Gasteiger partial charge in [0.05, 0.1) is 6.04 Å². The highest BCUT2D eigenvalue weighted by molar-refractivity contribution is 6.08. The van der Waals surface area contributed by atoms with Gasteiger partial charge in [-0.25, -0.2) is 4.79 Å². The summed E-state index contributed by atoms with van der Waals surface area (Å²) >= 11 is 0. The summed E-state index contributed by atoms with van der Waals surface area (Å²) in [4.78, 5) is 37.1. The molecule has 1 aromatic carbocycles. The monoisotopic (exact) mass is 331 g/mol. The second kappa shape index (κ2) is 6.14. The van der Waals surface area contributed by atoms with Crippen molar-refractivity contribution >= 4 is 17.8 Å². The van der Waals surface area contributed by atoms with E-state index in [0.717, 1.165) is 29.1 Å². The van der Waals surface area contributed by atoms with Crippen LogP contribution in [-0.2, 0) is 16.0 Å². The van der Waals surface area contributed by atoms with Crippen molar-refractivity contribution in [3.63, 3.8) is 0 Å². The number of carbonyl (C=O) groups is 3. The zero-order valence-electron chi connectivity index (χ0n) is 13.8. The van der Waals surface area contributed by atoms with Crippen molar-refractivity contribution in [2.24, 2.45) is 0 Å². The fraction of sp³-hybridized carbons (Fsp3) is 0.471. The third-order valence-corrected chi connectivity index (χ3v) is 4.29. The molecule has 0 aliphatic carbocycles. The number of amides is 4. The highest BCUT2D eigenvalue weighted by atomic mass is 16.5. The summed E-state index contributed by atoms with van der Waals surface area (Å²) in [5, 5.41) is 5.41. The van der Waals surface area contributed by atoms with Gasteiger partial charge >= 0.3 is 6.03 Å². The van der Waals surface area contributed by atoms with Crippen LogP contribution in [-0.4, -0.2) is 47.5 Å². The summed E-state index contributed by atoms with van der Waals surface area (Å²) in [5.41, 5.74) is 0.148. The van der Waals surface area contributed by atoms with E-state index in [1.165, 1.54) is 0 Å². The van der Waals surface area contributed by atoms with Crippen LogP contribution in [0.4, 0.5) is 4.79 Å². The van der Waals surface area contributed by atoms with Gasteiger partial charge in [0.15, 0.2) is 0 Å². The van der Waals surface area contributed by atoms with Crippen LogP contribution in [0.15, 0.2) is 24.3 Å². The lowest BCUT2D eigenvalue weighted by molar-refractivity contribution is -0.134. The van der Waals surface area contributed by atoms with Gasteiger partial charge in [-0.15, -0.1) is 0 Å². The lowest BCUT2D eigenvalue weighted by atomic mass is 10.1. The second-order valence-electron chi connectivity index (χ2n) is 6.67. The molecule has 2 aliphatic heterocycles. The van der Waals surface area contributed by atoms with Gasteiger partial charge in [0.25, 0.3) is 5.91 Å². The molecule has 2 N–H and O–H groups in total. The fourth-order valence-corrected chi connectivity index (χ4v) is 2.95. The molecule has 24 heavy (non-hydrogen) atoms. The van der Waals surface area contributed by atoms with Gasteiger partial charge in [-0.2, -0.15) is 0 Å². The van der Waals surface area contributed by atoms with Gasteiger partial charge in [0.1, 0.15) is 24.4 Å². The van der Waals surface area contributed by atoms with Crippen LogP contribution in [0.2, 0.25) is 0 Å². The highest BCUT2D eigenvalue weighted by Crippen LogP contribution is 2.23. The second-order valence-corrected chi connectivity index (χ2v) is 6.67. The first-order valence-corrected chi connectivity index (χ1v) is 8.01. The number of fused-ring (bicyclic) bond motifs is 1. The summed E-state index contributed by atoms with van der Waals surface area (Å²) in [7, 11) is 0. The smallest absolute Gasteiger partial charge is 0.325 e. The molecule has 0 saturated carbocycles. The molecule has 0 bridgehead atoms. The van der Waals surface area contributed by atoms with Gasteiger partial charge in [-0.3, -0.25) is 14.5 Å². The topological polar surface area (TPSA) is 87.7 Å². The molecule has 1 saturated heterocycles. The molecule has 7 heteroatoms. The van der Waals surface area contributed by atoms with E-state index in [-0.39, 0.29) is 18.5 Å². The SMILES string of the molecule is CC1(C)NC(=O)N(CC(=O)NC2CCc3ccccc3OC2)C1=O. The minimum absolute atomic E-state index is 0.154. The molecule has 1 aromatic rings. The van der Waals surface area contributed by atoms with E-state index in [1.807, 2.05) is 24.3 Å². The molecular weight excluding hydrogens is 310 g/mol. The van der Waals surface area contributed by atoms with Crippen LogP contribution >= 0.6 is 0 Å². The number of benzene rings is 1. The zero-order chi connectivity index (χ0) is 17.3. The molecule has 128 valence electrons. The van der Waals surface area contributed by atoms with Crippen LogP contribution in [0.3, 0.4) is 0 Å². The molecular formula is C17H21N3O4. The minimum atomic E-state index is -0.968. The quantitative estimate of drug-likeness (QED) is 0.803. The first kappa shape index (κ1) is 16.3. The Balaban J connectivity index is 1.57. The van der Waals surface area contributed by atoms with Crippen molar-refractivity contribution < 1.29 is 19.1 Å². The van der Waals surface area contributed by atoms with Crippen LogP contribution in [0.25, 0.3) is 0 Å². The van der Waals surface area contributed by atoms with Crippen molar-refractivity contribution in [1.29, 1.82) is 0 Å². The van der Waals surface area contributed by atoms with Crippen LogP contribution in [0, 0.1) is 0 Å². The van der Waals surface area contributed by atoms with Crippen molar-refractivity contribution in [3.8, 4) is 5.75 Å². The van der Waals surface area contributed by atoms with Gasteiger partial charge < -0.3 is 15.4 Å². The number of hydrogen-bond acceptors (Lipinski definition) is 4. The van der Waals surface area contributed by atoms with Crippen molar-refractivity contribution in [1.82, 2.24) is 15.5 Å². The molecule has 2 aliphatic rings. The Morgan fingerprint density at radius 1 is 1.38 bits per heavy atom. The molecule has 0 spiro atoms. The molecule has 0 radical (unpaired) electrons. The summed E-state index contributed by atoms with van der Waals surface area (Å²) in [6.07, 6.45) is 1.55. The normalized spacial score (nSPS) is 22.2. The molecule has 7 nitrogen and oxygen atoms in total. The van der Waals surface area contributed by atoms with Crippen LogP contribution in [0.5, 0.6) is 5.75 Å². The molecule has 1 unspecified atom stereocenters. The minimum Gasteiger partial charge on any atom is -0.491 e. The van der Waals surface area contributed by atoms with E-state index < -0.39 is 17.5 Å². The van der Waals surface area contributed by atoms with E-state index in [0.29, 0.717) is 6.61 Å². The fourth-order valence-electron chi connectivity index (χ4n) is 2.95. The number of ether oxygens (including phenoxy) is 1. The lowest BCUT2D eigenvalue weighted by Gasteiger charge is -2.19.